The molecule has 2 amide bonds. The van der Waals surface area contributed by atoms with Crippen LogP contribution in [-0.4, -0.2) is 45.5 Å². The highest BCUT2D eigenvalue weighted by atomic mass is 32.1. The van der Waals surface area contributed by atoms with Gasteiger partial charge in [0, 0.05) is 24.9 Å². The van der Waals surface area contributed by atoms with E-state index in [9.17, 15) is 9.59 Å². The summed E-state index contributed by atoms with van der Waals surface area (Å²) in [6.07, 6.45) is 0.581. The van der Waals surface area contributed by atoms with Crippen LogP contribution >= 0.6 is 11.3 Å². The van der Waals surface area contributed by atoms with E-state index in [1.165, 1.54) is 16.2 Å². The average molecular weight is 364 g/mol. The normalized spacial score (nSPS) is 11.4. The van der Waals surface area contributed by atoms with Crippen LogP contribution in [0.15, 0.2) is 22.0 Å². The van der Waals surface area contributed by atoms with Gasteiger partial charge in [-0.05, 0) is 39.1 Å². The molecule has 25 heavy (non-hydrogen) atoms. The molecular formula is C17H24N4O3S. The lowest BCUT2D eigenvalue weighted by atomic mass is 10.1. The lowest BCUT2D eigenvalue weighted by molar-refractivity contribution is -0.136. The molecule has 2 aromatic heterocycles. The fourth-order valence-electron chi connectivity index (χ4n) is 2.24. The van der Waals surface area contributed by atoms with Gasteiger partial charge in [0.05, 0.1) is 11.4 Å². The number of carbonyl (C=O) groups excluding carboxylic acids is 2. The Bertz CT molecular complexity index is 704. The van der Waals surface area contributed by atoms with Crippen molar-refractivity contribution in [3.8, 4) is 10.7 Å². The Labute approximate surface area is 151 Å². The van der Waals surface area contributed by atoms with E-state index in [1.807, 2.05) is 45.2 Å². The first-order chi connectivity index (χ1) is 11.8. The van der Waals surface area contributed by atoms with E-state index < -0.39 is 0 Å². The average Bonchev–Trinajstić information content (AvgIpc) is 3.19. The standard InChI is InChI=1S/C17H24N4O3S/c1-5-21(11-13(22)19-17(2,3)4)15(23)9-8-14-18-16(20-24-14)12-7-6-10-25-12/h6-7,10H,5,8-9,11H2,1-4H3,(H,19,22). The number of carbonyl (C=O) groups is 2. The Hall–Kier alpha value is -2.22. The monoisotopic (exact) mass is 364 g/mol. The minimum atomic E-state index is -0.318. The molecule has 0 saturated carbocycles. The summed E-state index contributed by atoms with van der Waals surface area (Å²) in [7, 11) is 0. The Morgan fingerprint density at radius 1 is 1.36 bits per heavy atom. The first kappa shape index (κ1) is 19.1. The molecule has 2 rings (SSSR count). The molecule has 1 N–H and O–H groups in total. The first-order valence-electron chi connectivity index (χ1n) is 8.23. The van der Waals surface area contributed by atoms with Crippen molar-refractivity contribution in [3.63, 3.8) is 0 Å². The molecular weight excluding hydrogens is 340 g/mol. The van der Waals surface area contributed by atoms with Gasteiger partial charge in [-0.2, -0.15) is 4.98 Å². The first-order valence-corrected chi connectivity index (χ1v) is 9.11. The van der Waals surface area contributed by atoms with Crippen LogP contribution in [0.3, 0.4) is 0 Å². The molecule has 0 aliphatic rings. The van der Waals surface area contributed by atoms with Gasteiger partial charge < -0.3 is 14.7 Å². The summed E-state index contributed by atoms with van der Waals surface area (Å²) in [5.74, 6) is 0.684. The maximum Gasteiger partial charge on any atom is 0.240 e. The van der Waals surface area contributed by atoms with Gasteiger partial charge in [0.1, 0.15) is 0 Å². The van der Waals surface area contributed by atoms with Gasteiger partial charge in [0.2, 0.25) is 23.5 Å². The zero-order valence-corrected chi connectivity index (χ0v) is 15.9. The van der Waals surface area contributed by atoms with Crippen LogP contribution in [0, 0.1) is 0 Å². The van der Waals surface area contributed by atoms with Gasteiger partial charge >= 0.3 is 0 Å². The van der Waals surface area contributed by atoms with E-state index in [0.29, 0.717) is 24.7 Å². The minimum Gasteiger partial charge on any atom is -0.350 e. The third-order valence-electron chi connectivity index (χ3n) is 3.35. The number of thiophene rings is 1. The van der Waals surface area contributed by atoms with E-state index in [1.54, 1.807) is 0 Å². The van der Waals surface area contributed by atoms with Crippen molar-refractivity contribution < 1.29 is 14.1 Å². The van der Waals surface area contributed by atoms with E-state index in [-0.39, 0.29) is 30.3 Å². The Morgan fingerprint density at radius 2 is 2.12 bits per heavy atom. The molecule has 0 fully saturated rings. The lowest BCUT2D eigenvalue weighted by Crippen LogP contribution is -2.47. The molecule has 2 heterocycles. The lowest BCUT2D eigenvalue weighted by Gasteiger charge is -2.25. The fraction of sp³-hybridized carbons (Fsp3) is 0.529. The van der Waals surface area contributed by atoms with Crippen LogP contribution in [0.5, 0.6) is 0 Å². The van der Waals surface area contributed by atoms with Gasteiger partial charge in [-0.1, -0.05) is 11.2 Å². The zero-order valence-electron chi connectivity index (χ0n) is 15.0. The summed E-state index contributed by atoms with van der Waals surface area (Å²) in [5.41, 5.74) is -0.318. The summed E-state index contributed by atoms with van der Waals surface area (Å²) >= 11 is 1.53. The molecule has 0 unspecified atom stereocenters. The van der Waals surface area contributed by atoms with E-state index in [4.69, 9.17) is 4.52 Å². The molecule has 136 valence electrons. The molecule has 7 nitrogen and oxygen atoms in total. The van der Waals surface area contributed by atoms with Crippen LogP contribution < -0.4 is 5.32 Å². The number of hydrogen-bond acceptors (Lipinski definition) is 6. The third-order valence-corrected chi connectivity index (χ3v) is 4.21. The summed E-state index contributed by atoms with van der Waals surface area (Å²) in [6.45, 7) is 8.10. The predicted octanol–water partition coefficient (Wildman–Crippen LogP) is 2.49. The molecule has 0 aliphatic heterocycles. The zero-order chi connectivity index (χ0) is 18.4. The molecule has 8 heteroatoms. The van der Waals surface area contributed by atoms with Gasteiger partial charge in [-0.25, -0.2) is 0 Å². The number of nitrogens with one attached hydrogen (secondary N) is 1. The Balaban J connectivity index is 1.86. The Morgan fingerprint density at radius 3 is 2.72 bits per heavy atom. The number of likely N-dealkylation sites (N-methyl/N-ethyl adjacent to an activating group) is 1. The number of amides is 2. The number of nitrogens with zero attached hydrogens (tertiary/aromatic N) is 3. The molecule has 2 aromatic rings. The summed E-state index contributed by atoms with van der Waals surface area (Å²) in [5, 5.41) is 8.73. The van der Waals surface area contributed by atoms with Crippen molar-refractivity contribution in [1.29, 1.82) is 0 Å². The van der Waals surface area contributed by atoms with Crippen LogP contribution in [0.1, 0.15) is 40.0 Å². The van der Waals surface area contributed by atoms with Gasteiger partial charge in [0.25, 0.3) is 0 Å². The van der Waals surface area contributed by atoms with Gasteiger partial charge in [0.15, 0.2) is 0 Å². The molecule has 0 spiro atoms. The number of rotatable bonds is 7. The molecule has 0 saturated heterocycles. The quantitative estimate of drug-likeness (QED) is 0.815. The fourth-order valence-corrected chi connectivity index (χ4v) is 2.89. The van der Waals surface area contributed by atoms with Crippen molar-refractivity contribution in [2.24, 2.45) is 0 Å². The van der Waals surface area contributed by atoms with E-state index in [2.05, 4.69) is 15.5 Å². The third kappa shape index (κ3) is 5.97. The van der Waals surface area contributed by atoms with Gasteiger partial charge in [-0.3, -0.25) is 9.59 Å². The highest BCUT2D eigenvalue weighted by molar-refractivity contribution is 7.13. The summed E-state index contributed by atoms with van der Waals surface area (Å²) in [6, 6.07) is 3.83. The van der Waals surface area contributed by atoms with Crippen LogP contribution in [0.2, 0.25) is 0 Å². The molecule has 0 aliphatic carbocycles. The van der Waals surface area contributed by atoms with E-state index in [0.717, 1.165) is 4.88 Å². The highest BCUT2D eigenvalue weighted by Crippen LogP contribution is 2.21. The number of aromatic nitrogens is 2. The van der Waals surface area contributed by atoms with Crippen molar-refractivity contribution in [2.75, 3.05) is 13.1 Å². The smallest absolute Gasteiger partial charge is 0.240 e. The minimum absolute atomic E-state index is 0.0525. The molecule has 0 atom stereocenters. The van der Waals surface area contributed by atoms with Crippen molar-refractivity contribution >= 4 is 23.2 Å². The van der Waals surface area contributed by atoms with Crippen molar-refractivity contribution in [2.45, 2.75) is 46.1 Å². The second-order valence-electron chi connectivity index (χ2n) is 6.70. The van der Waals surface area contributed by atoms with Crippen LogP contribution in [0.25, 0.3) is 10.7 Å². The molecule has 0 bridgehead atoms. The van der Waals surface area contributed by atoms with Crippen LogP contribution in [-0.2, 0) is 16.0 Å². The van der Waals surface area contributed by atoms with Crippen molar-refractivity contribution in [1.82, 2.24) is 20.4 Å². The van der Waals surface area contributed by atoms with Crippen molar-refractivity contribution in [3.05, 3.63) is 23.4 Å². The number of hydrogen-bond donors (Lipinski definition) is 1. The van der Waals surface area contributed by atoms with Crippen LogP contribution in [0.4, 0.5) is 0 Å². The summed E-state index contributed by atoms with van der Waals surface area (Å²) < 4.78 is 5.19. The second kappa shape index (κ2) is 8.24. The largest absolute Gasteiger partial charge is 0.350 e. The highest BCUT2D eigenvalue weighted by Gasteiger charge is 2.20. The topological polar surface area (TPSA) is 88.3 Å². The SMILES string of the molecule is CCN(CC(=O)NC(C)(C)C)C(=O)CCc1nc(-c2cccs2)no1. The Kier molecular flexibility index (Phi) is 6.30. The van der Waals surface area contributed by atoms with E-state index >= 15 is 0 Å². The molecule has 0 radical (unpaired) electrons. The predicted molar refractivity (Wildman–Crippen MR) is 96.1 cm³/mol. The maximum atomic E-state index is 12.3. The van der Waals surface area contributed by atoms with Gasteiger partial charge in [-0.15, -0.1) is 11.3 Å². The molecule has 0 aromatic carbocycles. The second-order valence-corrected chi connectivity index (χ2v) is 7.64. The summed E-state index contributed by atoms with van der Waals surface area (Å²) in [4.78, 5) is 31.1. The maximum absolute atomic E-state index is 12.3. The number of aryl methyl sites for hydroxylation is 1.